The number of hydrogen-bond acceptors (Lipinski definition) is 5. The van der Waals surface area contributed by atoms with Crippen molar-refractivity contribution in [3.8, 4) is 0 Å². The summed E-state index contributed by atoms with van der Waals surface area (Å²) in [6, 6.07) is 0. The predicted octanol–water partition coefficient (Wildman–Crippen LogP) is 3.56. The molecule has 1 saturated heterocycles. The molecule has 0 spiro atoms. The number of carbonyl (C=O) groups excluding carboxylic acids is 2. The van der Waals surface area contributed by atoms with Gasteiger partial charge in [-0.1, -0.05) is 6.58 Å². The highest BCUT2D eigenvalue weighted by Crippen LogP contribution is 2.64. The molecular formula is C21H30O5. The molecular weight excluding hydrogens is 332 g/mol. The molecule has 5 heteroatoms. The highest BCUT2D eigenvalue weighted by molar-refractivity contribution is 5.86. The summed E-state index contributed by atoms with van der Waals surface area (Å²) in [6.07, 6.45) is 9.60. The number of carbonyl (C=O) groups is 2. The van der Waals surface area contributed by atoms with Gasteiger partial charge in [0.15, 0.2) is 0 Å². The van der Waals surface area contributed by atoms with Crippen molar-refractivity contribution in [1.29, 1.82) is 0 Å². The van der Waals surface area contributed by atoms with E-state index in [2.05, 4.69) is 6.58 Å². The molecule has 4 saturated carbocycles. The number of hydrogen-bond donors (Lipinski definition) is 0. The van der Waals surface area contributed by atoms with E-state index in [9.17, 15) is 9.59 Å². The first-order valence-corrected chi connectivity index (χ1v) is 10.0. The molecule has 5 fully saturated rings. The number of ether oxygens (including phenoxy) is 3. The van der Waals surface area contributed by atoms with Gasteiger partial charge in [-0.15, -0.1) is 0 Å². The molecule has 5 aliphatic rings. The zero-order chi connectivity index (χ0) is 18.4. The van der Waals surface area contributed by atoms with Gasteiger partial charge in [-0.25, -0.2) is 4.79 Å². The molecule has 5 rings (SSSR count). The van der Waals surface area contributed by atoms with Crippen molar-refractivity contribution in [2.24, 2.45) is 17.3 Å². The van der Waals surface area contributed by atoms with Crippen LogP contribution < -0.4 is 0 Å². The number of esters is 2. The van der Waals surface area contributed by atoms with Crippen molar-refractivity contribution in [2.75, 3.05) is 13.2 Å². The molecule has 4 aliphatic carbocycles. The summed E-state index contributed by atoms with van der Waals surface area (Å²) in [4.78, 5) is 23.0. The van der Waals surface area contributed by atoms with Crippen LogP contribution in [0.1, 0.15) is 64.7 Å². The molecule has 26 heavy (non-hydrogen) atoms. The van der Waals surface area contributed by atoms with Crippen LogP contribution in [0, 0.1) is 17.3 Å². The first-order valence-electron chi connectivity index (χ1n) is 10.0. The van der Waals surface area contributed by atoms with Crippen molar-refractivity contribution < 1.29 is 23.8 Å². The Balaban J connectivity index is 1.37. The van der Waals surface area contributed by atoms with E-state index in [1.54, 1.807) is 6.92 Å². The highest BCUT2D eigenvalue weighted by atomic mass is 16.6. The Labute approximate surface area is 155 Å². The topological polar surface area (TPSA) is 61.8 Å². The van der Waals surface area contributed by atoms with Crippen molar-refractivity contribution in [2.45, 2.75) is 76.4 Å². The van der Waals surface area contributed by atoms with Crippen LogP contribution in [-0.2, 0) is 23.8 Å². The van der Waals surface area contributed by atoms with Crippen LogP contribution in [0.3, 0.4) is 0 Å². The summed E-state index contributed by atoms with van der Waals surface area (Å²) < 4.78 is 16.9. The van der Waals surface area contributed by atoms with Gasteiger partial charge in [0.1, 0.15) is 12.7 Å². The molecule has 1 aliphatic heterocycles. The van der Waals surface area contributed by atoms with E-state index in [1.807, 2.05) is 0 Å². The fourth-order valence-corrected chi connectivity index (χ4v) is 6.45. The van der Waals surface area contributed by atoms with E-state index >= 15 is 0 Å². The molecule has 4 bridgehead atoms. The molecule has 0 radical (unpaired) electrons. The maximum atomic E-state index is 11.6. The van der Waals surface area contributed by atoms with Gasteiger partial charge in [0, 0.05) is 5.57 Å². The van der Waals surface area contributed by atoms with Crippen LogP contribution in [0.2, 0.25) is 0 Å². The summed E-state index contributed by atoms with van der Waals surface area (Å²) in [7, 11) is 0. The fraction of sp³-hybridized carbons (Fsp3) is 0.810. The SMILES string of the molecule is C=C(C)C(=O)OCCCC12CC3CC(C1)CC(OC1COC(=O)C1)(C3)C2. The van der Waals surface area contributed by atoms with E-state index in [0.29, 0.717) is 30.6 Å². The van der Waals surface area contributed by atoms with Gasteiger partial charge in [0.25, 0.3) is 0 Å². The van der Waals surface area contributed by atoms with Gasteiger partial charge >= 0.3 is 11.9 Å². The average Bonchev–Trinajstić information content (AvgIpc) is 2.94. The van der Waals surface area contributed by atoms with Crippen LogP contribution in [0.25, 0.3) is 0 Å². The van der Waals surface area contributed by atoms with E-state index in [0.717, 1.165) is 43.9 Å². The Hall–Kier alpha value is -1.36. The third-order valence-corrected chi connectivity index (χ3v) is 6.80. The van der Waals surface area contributed by atoms with Gasteiger partial charge in [-0.3, -0.25) is 4.79 Å². The number of cyclic esters (lactones) is 1. The summed E-state index contributed by atoms with van der Waals surface area (Å²) >= 11 is 0. The van der Waals surface area contributed by atoms with Gasteiger partial charge in [0.05, 0.1) is 18.6 Å². The number of rotatable bonds is 7. The third-order valence-electron chi connectivity index (χ3n) is 6.80. The highest BCUT2D eigenvalue weighted by Gasteiger charge is 2.58. The van der Waals surface area contributed by atoms with Crippen molar-refractivity contribution in [1.82, 2.24) is 0 Å². The summed E-state index contributed by atoms with van der Waals surface area (Å²) in [5, 5.41) is 0. The Morgan fingerprint density at radius 1 is 1.27 bits per heavy atom. The largest absolute Gasteiger partial charge is 0.463 e. The summed E-state index contributed by atoms with van der Waals surface area (Å²) in [5.41, 5.74) is 0.723. The van der Waals surface area contributed by atoms with Crippen molar-refractivity contribution in [3.63, 3.8) is 0 Å². The maximum absolute atomic E-state index is 11.6. The average molecular weight is 362 g/mol. The van der Waals surface area contributed by atoms with Crippen LogP contribution in [0.15, 0.2) is 12.2 Å². The quantitative estimate of drug-likeness (QED) is 0.394. The van der Waals surface area contributed by atoms with Crippen molar-refractivity contribution in [3.05, 3.63) is 12.2 Å². The zero-order valence-electron chi connectivity index (χ0n) is 15.8. The minimum atomic E-state index is -0.291. The second-order valence-electron chi connectivity index (χ2n) is 9.29. The normalized spacial score (nSPS) is 40.5. The Bertz CT molecular complexity index is 596. The molecule has 1 heterocycles. The monoisotopic (exact) mass is 362 g/mol. The molecule has 0 N–H and O–H groups in total. The zero-order valence-corrected chi connectivity index (χ0v) is 15.8. The molecule has 3 unspecified atom stereocenters. The Morgan fingerprint density at radius 2 is 2.00 bits per heavy atom. The molecule has 144 valence electrons. The molecule has 0 aromatic rings. The van der Waals surface area contributed by atoms with Crippen LogP contribution in [-0.4, -0.2) is 36.9 Å². The fourth-order valence-electron chi connectivity index (χ4n) is 6.45. The minimum absolute atomic E-state index is 0.0584. The Morgan fingerprint density at radius 3 is 2.62 bits per heavy atom. The van der Waals surface area contributed by atoms with Gasteiger partial charge in [-0.05, 0) is 75.5 Å². The third kappa shape index (κ3) is 3.55. The van der Waals surface area contributed by atoms with E-state index < -0.39 is 0 Å². The molecule has 0 amide bonds. The summed E-state index contributed by atoms with van der Waals surface area (Å²) in [6.45, 7) is 6.20. The first-order chi connectivity index (χ1) is 12.4. The lowest BCUT2D eigenvalue weighted by molar-refractivity contribution is -0.214. The minimum Gasteiger partial charge on any atom is -0.463 e. The maximum Gasteiger partial charge on any atom is 0.333 e. The second kappa shape index (κ2) is 6.66. The van der Waals surface area contributed by atoms with Gasteiger partial charge in [0.2, 0.25) is 0 Å². The summed E-state index contributed by atoms with van der Waals surface area (Å²) in [5.74, 6) is 1.06. The van der Waals surface area contributed by atoms with Crippen LogP contribution >= 0.6 is 0 Å². The van der Waals surface area contributed by atoms with Gasteiger partial charge in [-0.2, -0.15) is 0 Å². The van der Waals surface area contributed by atoms with Gasteiger partial charge < -0.3 is 14.2 Å². The van der Waals surface area contributed by atoms with Crippen molar-refractivity contribution >= 4 is 11.9 Å². The molecule has 0 aromatic heterocycles. The lowest BCUT2D eigenvalue weighted by Gasteiger charge is -2.62. The predicted molar refractivity (Wildman–Crippen MR) is 95.3 cm³/mol. The second-order valence-corrected chi connectivity index (χ2v) is 9.29. The smallest absolute Gasteiger partial charge is 0.333 e. The van der Waals surface area contributed by atoms with E-state index in [-0.39, 0.29) is 23.6 Å². The van der Waals surface area contributed by atoms with Crippen LogP contribution in [0.4, 0.5) is 0 Å². The standard InChI is InChI=1S/C21H30O5/c1-14(2)19(23)24-5-3-4-20-8-15-6-16(9-20)11-21(10-15,13-20)26-17-7-18(22)25-12-17/h15-17H,1,3-13H2,2H3. The molecule has 0 aromatic carbocycles. The molecule has 5 nitrogen and oxygen atoms in total. The van der Waals surface area contributed by atoms with Crippen LogP contribution in [0.5, 0.6) is 0 Å². The lowest BCUT2D eigenvalue weighted by atomic mass is 9.47. The first kappa shape index (κ1) is 18.0. The van der Waals surface area contributed by atoms with E-state index in [1.165, 1.54) is 19.3 Å². The lowest BCUT2D eigenvalue weighted by Crippen LogP contribution is -2.57. The van der Waals surface area contributed by atoms with E-state index in [4.69, 9.17) is 14.2 Å². The Kier molecular flexibility index (Phi) is 4.62. The molecule has 3 atom stereocenters.